The van der Waals surface area contributed by atoms with Crippen LogP contribution in [0.25, 0.3) is 0 Å². The number of esters is 1. The summed E-state index contributed by atoms with van der Waals surface area (Å²) < 4.78 is 11.8. The van der Waals surface area contributed by atoms with Gasteiger partial charge in [-0.2, -0.15) is 0 Å². The SMILES string of the molecule is CCCCCCCC(=O)OCCCC1C(=C(C)C=O)CCC(C)(O)C12CC(C=C(C)C=CC1=C(C)CCC(C)C1(C)C)OC2O. The van der Waals surface area contributed by atoms with Gasteiger partial charge >= 0.3 is 5.97 Å². The summed E-state index contributed by atoms with van der Waals surface area (Å²) in [6, 6.07) is 0. The van der Waals surface area contributed by atoms with Gasteiger partial charge in [-0.15, -0.1) is 0 Å². The van der Waals surface area contributed by atoms with Crippen LogP contribution in [0.5, 0.6) is 0 Å². The lowest BCUT2D eigenvalue weighted by molar-refractivity contribution is -0.219. The smallest absolute Gasteiger partial charge is 0.305 e. The molecule has 3 aliphatic rings. The maximum atomic E-state index is 12.3. The lowest BCUT2D eigenvalue weighted by atomic mass is 9.53. The first kappa shape index (κ1) is 37.4. The van der Waals surface area contributed by atoms with Crippen LogP contribution in [0.4, 0.5) is 0 Å². The number of carbonyl (C=O) groups excluding carboxylic acids is 2. The molecule has 1 aliphatic heterocycles. The fourth-order valence-corrected chi connectivity index (χ4v) is 8.20. The van der Waals surface area contributed by atoms with Crippen molar-refractivity contribution in [3.63, 3.8) is 0 Å². The highest BCUT2D eigenvalue weighted by atomic mass is 16.6. The van der Waals surface area contributed by atoms with Crippen LogP contribution in [-0.4, -0.2) is 47.1 Å². The average molecular weight is 627 g/mol. The number of ether oxygens (including phenoxy) is 2. The standard InChI is InChI=1S/C39H62O6/c1-9-10-11-12-13-16-35(41)44-23-14-15-34-32(29(4)26-40)21-22-38(8,43)39(34)25-31(45-36(39)42)24-27(2)17-20-33-28(3)18-19-30(5)37(33,6)7/h17,20,24,26,30-31,34,36,42-43H,9-16,18-19,21-23,25H2,1-8H3. The molecular weight excluding hydrogens is 564 g/mol. The van der Waals surface area contributed by atoms with Gasteiger partial charge in [0.25, 0.3) is 0 Å². The summed E-state index contributed by atoms with van der Waals surface area (Å²) in [5, 5.41) is 23.5. The largest absolute Gasteiger partial charge is 0.466 e. The van der Waals surface area contributed by atoms with Crippen molar-refractivity contribution in [3.8, 4) is 0 Å². The molecule has 45 heavy (non-hydrogen) atoms. The molecule has 0 aromatic heterocycles. The van der Waals surface area contributed by atoms with Gasteiger partial charge < -0.3 is 19.7 Å². The van der Waals surface area contributed by atoms with E-state index in [-0.39, 0.29) is 30.0 Å². The third-order valence-electron chi connectivity index (χ3n) is 11.6. The van der Waals surface area contributed by atoms with Crippen LogP contribution >= 0.6 is 0 Å². The first-order valence-electron chi connectivity index (χ1n) is 17.6. The van der Waals surface area contributed by atoms with Crippen LogP contribution in [0.1, 0.15) is 139 Å². The number of hydrogen-bond acceptors (Lipinski definition) is 6. The molecule has 1 saturated carbocycles. The maximum absolute atomic E-state index is 12.3. The predicted molar refractivity (Wildman–Crippen MR) is 181 cm³/mol. The van der Waals surface area contributed by atoms with E-state index in [1.165, 1.54) is 30.4 Å². The van der Waals surface area contributed by atoms with Gasteiger partial charge in [-0.25, -0.2) is 0 Å². The molecular formula is C39H62O6. The van der Waals surface area contributed by atoms with Gasteiger partial charge in [0, 0.05) is 6.42 Å². The quantitative estimate of drug-likeness (QED) is 0.0659. The van der Waals surface area contributed by atoms with Crippen LogP contribution in [0, 0.1) is 22.7 Å². The summed E-state index contributed by atoms with van der Waals surface area (Å²) in [5.41, 5.74) is 3.43. The first-order chi connectivity index (χ1) is 21.2. The van der Waals surface area contributed by atoms with E-state index in [9.17, 15) is 19.8 Å². The molecule has 0 aromatic carbocycles. The molecule has 1 heterocycles. The van der Waals surface area contributed by atoms with Gasteiger partial charge in [0.05, 0.1) is 23.7 Å². The van der Waals surface area contributed by atoms with Crippen molar-refractivity contribution in [1.29, 1.82) is 0 Å². The minimum absolute atomic E-state index is 0.110. The minimum atomic E-state index is -1.20. The number of unbranched alkanes of at least 4 members (excludes halogenated alkanes) is 4. The van der Waals surface area contributed by atoms with Gasteiger partial charge in [-0.3, -0.25) is 9.59 Å². The van der Waals surface area contributed by atoms with E-state index < -0.39 is 17.3 Å². The molecule has 1 saturated heterocycles. The van der Waals surface area contributed by atoms with Gasteiger partial charge in [-0.05, 0) is 107 Å². The van der Waals surface area contributed by atoms with Gasteiger partial charge in [0.1, 0.15) is 6.29 Å². The molecule has 2 aliphatic carbocycles. The van der Waals surface area contributed by atoms with Crippen molar-refractivity contribution < 1.29 is 29.3 Å². The molecule has 0 amide bonds. The van der Waals surface area contributed by atoms with E-state index in [1.807, 2.05) is 6.92 Å². The van der Waals surface area contributed by atoms with E-state index in [4.69, 9.17) is 9.47 Å². The molecule has 0 bridgehead atoms. The molecule has 2 N–H and O–H groups in total. The number of aldehydes is 1. The number of aliphatic hydroxyl groups is 2. The third kappa shape index (κ3) is 8.67. The van der Waals surface area contributed by atoms with Crippen LogP contribution < -0.4 is 0 Å². The van der Waals surface area contributed by atoms with Crippen molar-refractivity contribution in [2.45, 2.75) is 157 Å². The van der Waals surface area contributed by atoms with Gasteiger partial charge in [0.2, 0.25) is 0 Å². The Hall–Kier alpha value is -2.02. The Bertz CT molecular complexity index is 1150. The summed E-state index contributed by atoms with van der Waals surface area (Å²) in [6.07, 6.45) is 16.5. The van der Waals surface area contributed by atoms with E-state index in [2.05, 4.69) is 59.8 Å². The number of hydrogen-bond donors (Lipinski definition) is 2. The Balaban J connectivity index is 1.78. The molecule has 6 nitrogen and oxygen atoms in total. The van der Waals surface area contributed by atoms with Crippen LogP contribution in [0.15, 0.2) is 46.1 Å². The molecule has 254 valence electrons. The van der Waals surface area contributed by atoms with Crippen molar-refractivity contribution in [1.82, 2.24) is 0 Å². The number of carbonyl (C=O) groups is 2. The number of allylic oxidation sites excluding steroid dienone is 7. The second-order valence-electron chi connectivity index (χ2n) is 15.1. The van der Waals surface area contributed by atoms with E-state index in [0.717, 1.165) is 43.1 Å². The fourth-order valence-electron chi connectivity index (χ4n) is 8.20. The molecule has 2 fully saturated rings. The van der Waals surface area contributed by atoms with Crippen LogP contribution in [-0.2, 0) is 19.1 Å². The molecule has 1 spiro atoms. The third-order valence-corrected chi connectivity index (χ3v) is 11.6. The lowest BCUT2D eigenvalue weighted by Gasteiger charge is -2.54. The average Bonchev–Trinajstić information content (AvgIpc) is 3.31. The van der Waals surface area contributed by atoms with Gasteiger partial charge in [-0.1, -0.05) is 88.3 Å². The van der Waals surface area contributed by atoms with Crippen molar-refractivity contribution in [2.24, 2.45) is 22.7 Å². The first-order valence-corrected chi connectivity index (χ1v) is 17.6. The van der Waals surface area contributed by atoms with Crippen molar-refractivity contribution in [3.05, 3.63) is 46.1 Å². The van der Waals surface area contributed by atoms with Crippen molar-refractivity contribution >= 4 is 12.3 Å². The predicted octanol–water partition coefficient (Wildman–Crippen LogP) is 8.72. The van der Waals surface area contributed by atoms with Crippen LogP contribution in [0.2, 0.25) is 0 Å². The number of aliphatic hydroxyl groups excluding tert-OH is 1. The highest BCUT2D eigenvalue weighted by Gasteiger charge is 2.64. The fraction of sp³-hybridized carbons (Fsp3) is 0.744. The Labute approximate surface area is 273 Å². The summed E-state index contributed by atoms with van der Waals surface area (Å²) in [7, 11) is 0. The summed E-state index contributed by atoms with van der Waals surface area (Å²) >= 11 is 0. The zero-order valence-corrected chi connectivity index (χ0v) is 29.5. The molecule has 6 heteroatoms. The Morgan fingerprint density at radius 3 is 2.49 bits per heavy atom. The minimum Gasteiger partial charge on any atom is -0.466 e. The Kier molecular flexibility index (Phi) is 13.5. The normalized spacial score (nSPS) is 33.2. The zero-order chi connectivity index (χ0) is 33.4. The highest BCUT2D eigenvalue weighted by Crippen LogP contribution is 2.60. The monoisotopic (exact) mass is 626 g/mol. The van der Waals surface area contributed by atoms with Crippen LogP contribution in [0.3, 0.4) is 0 Å². The van der Waals surface area contributed by atoms with E-state index in [1.54, 1.807) is 6.92 Å². The van der Waals surface area contributed by atoms with E-state index in [0.29, 0.717) is 50.0 Å². The Morgan fingerprint density at radius 1 is 1.09 bits per heavy atom. The molecule has 6 unspecified atom stereocenters. The second-order valence-corrected chi connectivity index (χ2v) is 15.1. The second kappa shape index (κ2) is 16.2. The van der Waals surface area contributed by atoms with Gasteiger partial charge in [0.15, 0.2) is 6.29 Å². The highest BCUT2D eigenvalue weighted by molar-refractivity contribution is 5.74. The zero-order valence-electron chi connectivity index (χ0n) is 29.5. The topological polar surface area (TPSA) is 93.1 Å². The number of rotatable bonds is 14. The molecule has 6 atom stereocenters. The summed E-state index contributed by atoms with van der Waals surface area (Å²) in [4.78, 5) is 24.3. The summed E-state index contributed by atoms with van der Waals surface area (Å²) in [5.74, 6) is 0.160. The van der Waals surface area contributed by atoms with E-state index >= 15 is 0 Å². The molecule has 0 radical (unpaired) electrons. The maximum Gasteiger partial charge on any atom is 0.305 e. The summed E-state index contributed by atoms with van der Waals surface area (Å²) in [6.45, 7) is 17.4. The molecule has 0 aromatic rings. The lowest BCUT2D eigenvalue weighted by Crippen LogP contribution is -2.58. The van der Waals surface area contributed by atoms with Crippen molar-refractivity contribution in [2.75, 3.05) is 6.61 Å². The Morgan fingerprint density at radius 2 is 1.80 bits per heavy atom. The molecule has 3 rings (SSSR count).